The highest BCUT2D eigenvalue weighted by molar-refractivity contribution is 6.39. The fourth-order valence-corrected chi connectivity index (χ4v) is 4.15. The van der Waals surface area contributed by atoms with Crippen LogP contribution in [-0.2, 0) is 0 Å². The second-order valence-electron chi connectivity index (χ2n) is 8.07. The van der Waals surface area contributed by atoms with Crippen molar-refractivity contribution in [3.63, 3.8) is 0 Å². The van der Waals surface area contributed by atoms with E-state index in [1.807, 2.05) is 43.3 Å². The van der Waals surface area contributed by atoms with Gasteiger partial charge in [-0.05, 0) is 50.8 Å². The Morgan fingerprint density at radius 2 is 1.83 bits per heavy atom. The summed E-state index contributed by atoms with van der Waals surface area (Å²) in [5, 5.41) is 4.47. The Morgan fingerprint density at radius 1 is 1.09 bits per heavy atom. The van der Waals surface area contributed by atoms with E-state index in [0.29, 0.717) is 50.5 Å². The monoisotopic (exact) mass is 513 g/mol. The summed E-state index contributed by atoms with van der Waals surface area (Å²) in [6.07, 6.45) is 2.34. The molecule has 0 aliphatic heterocycles. The Kier molecular flexibility index (Phi) is 7.75. The van der Waals surface area contributed by atoms with Crippen LogP contribution in [0.15, 0.2) is 59.5 Å². The van der Waals surface area contributed by atoms with Crippen LogP contribution >= 0.6 is 23.2 Å². The Labute approximate surface area is 213 Å². The average molecular weight is 514 g/mol. The lowest BCUT2D eigenvalue weighted by atomic mass is 10.1. The molecule has 0 unspecified atom stereocenters. The van der Waals surface area contributed by atoms with Gasteiger partial charge in [-0.2, -0.15) is 4.98 Å². The molecule has 182 valence electrons. The molecular weight excluding hydrogens is 489 g/mol. The minimum Gasteiger partial charge on any atom is -0.497 e. The van der Waals surface area contributed by atoms with Gasteiger partial charge in [-0.1, -0.05) is 35.3 Å². The lowest BCUT2D eigenvalue weighted by Gasteiger charge is -2.16. The number of halogens is 2. The molecule has 0 saturated heterocycles. The van der Waals surface area contributed by atoms with E-state index in [1.165, 1.54) is 4.73 Å². The number of nitrogens with one attached hydrogen (secondary N) is 1. The fourth-order valence-electron chi connectivity index (χ4n) is 3.55. The molecule has 8 nitrogen and oxygen atoms in total. The predicted molar refractivity (Wildman–Crippen MR) is 140 cm³/mol. The Hall–Kier alpha value is -3.33. The van der Waals surface area contributed by atoms with Crippen molar-refractivity contribution in [3.8, 4) is 16.9 Å². The van der Waals surface area contributed by atoms with Crippen molar-refractivity contribution in [2.24, 2.45) is 0 Å². The SMILES string of the molecule is COc1cccc(Nc2ncc3cc(-c4c(Cl)cccc4Cl)c(=O)n(OCCCN(C)C)c3n2)c1. The van der Waals surface area contributed by atoms with Crippen molar-refractivity contribution in [2.45, 2.75) is 6.42 Å². The first-order valence-electron chi connectivity index (χ1n) is 10.9. The molecule has 0 atom stereocenters. The minimum atomic E-state index is -0.414. The summed E-state index contributed by atoms with van der Waals surface area (Å²) in [7, 11) is 5.55. The molecule has 0 bridgehead atoms. The molecule has 4 rings (SSSR count). The molecule has 0 amide bonds. The zero-order valence-corrected chi connectivity index (χ0v) is 21.1. The molecule has 0 aliphatic carbocycles. The van der Waals surface area contributed by atoms with Crippen molar-refractivity contribution in [1.82, 2.24) is 19.6 Å². The Bertz CT molecular complexity index is 1390. The number of hydrogen-bond acceptors (Lipinski definition) is 7. The van der Waals surface area contributed by atoms with Crippen LogP contribution < -0.4 is 20.5 Å². The highest BCUT2D eigenvalue weighted by Gasteiger charge is 2.18. The quantitative estimate of drug-likeness (QED) is 0.318. The summed E-state index contributed by atoms with van der Waals surface area (Å²) in [5.74, 6) is 0.998. The molecular formula is C25H25Cl2N5O3. The van der Waals surface area contributed by atoms with E-state index in [-0.39, 0.29) is 0 Å². The third-order valence-corrected chi connectivity index (χ3v) is 5.86. The number of aromatic nitrogens is 3. The van der Waals surface area contributed by atoms with E-state index in [9.17, 15) is 4.79 Å². The molecule has 0 saturated carbocycles. The third kappa shape index (κ3) is 5.67. The molecule has 2 aromatic heterocycles. The number of ether oxygens (including phenoxy) is 1. The van der Waals surface area contributed by atoms with E-state index in [0.717, 1.165) is 18.7 Å². The maximum Gasteiger partial charge on any atom is 0.293 e. The van der Waals surface area contributed by atoms with E-state index in [2.05, 4.69) is 15.3 Å². The molecule has 0 radical (unpaired) electrons. The van der Waals surface area contributed by atoms with Crippen LogP contribution in [0.4, 0.5) is 11.6 Å². The zero-order valence-electron chi connectivity index (χ0n) is 19.6. The van der Waals surface area contributed by atoms with Gasteiger partial charge in [0, 0.05) is 35.4 Å². The number of benzene rings is 2. The van der Waals surface area contributed by atoms with Gasteiger partial charge in [0.2, 0.25) is 5.95 Å². The van der Waals surface area contributed by atoms with Crippen molar-refractivity contribution < 1.29 is 9.57 Å². The number of fused-ring (bicyclic) bond motifs is 1. The van der Waals surface area contributed by atoms with E-state index < -0.39 is 5.56 Å². The summed E-state index contributed by atoms with van der Waals surface area (Å²) < 4.78 is 6.47. The van der Waals surface area contributed by atoms with Crippen LogP contribution in [0, 0.1) is 0 Å². The van der Waals surface area contributed by atoms with E-state index >= 15 is 0 Å². The smallest absolute Gasteiger partial charge is 0.293 e. The molecule has 10 heteroatoms. The van der Waals surface area contributed by atoms with Gasteiger partial charge in [0.15, 0.2) is 5.65 Å². The first-order valence-corrected chi connectivity index (χ1v) is 11.7. The number of hydrogen-bond donors (Lipinski definition) is 1. The van der Waals surface area contributed by atoms with Crippen LogP contribution in [0.3, 0.4) is 0 Å². The summed E-state index contributed by atoms with van der Waals surface area (Å²) in [4.78, 5) is 30.6. The Balaban J connectivity index is 1.80. The van der Waals surface area contributed by atoms with Crippen molar-refractivity contribution in [3.05, 3.63) is 75.1 Å². The first-order chi connectivity index (χ1) is 16.9. The number of rotatable bonds is 9. The molecule has 4 aromatic rings. The lowest BCUT2D eigenvalue weighted by Crippen LogP contribution is -2.31. The lowest BCUT2D eigenvalue weighted by molar-refractivity contribution is 0.104. The number of methoxy groups -OCH3 is 1. The molecule has 0 fully saturated rings. The minimum absolute atomic E-state index is 0.304. The van der Waals surface area contributed by atoms with Gasteiger partial charge in [-0.3, -0.25) is 4.79 Å². The van der Waals surface area contributed by atoms with E-state index in [4.69, 9.17) is 32.8 Å². The van der Waals surface area contributed by atoms with Gasteiger partial charge in [-0.15, -0.1) is 4.73 Å². The standard InChI is InChI=1S/C25H25Cl2N5O3/c1-31(2)11-6-12-35-32-23-16(13-19(24(32)33)22-20(26)9-5-10-21(22)27)15-28-25(30-23)29-17-7-4-8-18(14-17)34-3/h4-5,7-10,13-15H,6,11-12H2,1-3H3,(H,28,29,30). The molecule has 35 heavy (non-hydrogen) atoms. The summed E-state index contributed by atoms with van der Waals surface area (Å²) >= 11 is 12.8. The van der Waals surface area contributed by atoms with Crippen LogP contribution in [0.25, 0.3) is 22.2 Å². The molecule has 2 heterocycles. The normalized spacial score (nSPS) is 11.1. The second kappa shape index (κ2) is 10.9. The number of pyridine rings is 1. The van der Waals surface area contributed by atoms with Gasteiger partial charge in [0.25, 0.3) is 5.56 Å². The summed E-state index contributed by atoms with van der Waals surface area (Å²) in [6, 6.07) is 14.2. The van der Waals surface area contributed by atoms with Crippen LogP contribution in [-0.4, -0.2) is 54.0 Å². The van der Waals surface area contributed by atoms with Crippen LogP contribution in [0.1, 0.15) is 6.42 Å². The fraction of sp³-hybridized carbons (Fsp3) is 0.240. The van der Waals surface area contributed by atoms with Gasteiger partial charge in [0.1, 0.15) is 12.4 Å². The molecule has 0 aliphatic rings. The molecule has 1 N–H and O–H groups in total. The topological polar surface area (TPSA) is 81.5 Å². The van der Waals surface area contributed by atoms with Crippen molar-refractivity contribution >= 4 is 45.9 Å². The Morgan fingerprint density at radius 3 is 2.54 bits per heavy atom. The third-order valence-electron chi connectivity index (χ3n) is 5.23. The highest BCUT2D eigenvalue weighted by Crippen LogP contribution is 2.34. The largest absolute Gasteiger partial charge is 0.497 e. The van der Waals surface area contributed by atoms with Gasteiger partial charge >= 0.3 is 0 Å². The second-order valence-corrected chi connectivity index (χ2v) is 8.89. The van der Waals surface area contributed by atoms with Crippen LogP contribution in [0.5, 0.6) is 5.75 Å². The highest BCUT2D eigenvalue weighted by atomic mass is 35.5. The zero-order chi connectivity index (χ0) is 24.9. The predicted octanol–water partition coefficient (Wildman–Crippen LogP) is 4.90. The average Bonchev–Trinajstić information content (AvgIpc) is 2.83. The van der Waals surface area contributed by atoms with Crippen molar-refractivity contribution in [2.75, 3.05) is 39.7 Å². The number of anilines is 2. The van der Waals surface area contributed by atoms with Crippen LogP contribution in [0.2, 0.25) is 10.0 Å². The van der Waals surface area contributed by atoms with Crippen molar-refractivity contribution in [1.29, 1.82) is 0 Å². The summed E-state index contributed by atoms with van der Waals surface area (Å²) in [5.41, 5.74) is 1.39. The molecule has 0 spiro atoms. The van der Waals surface area contributed by atoms with Gasteiger partial charge in [-0.25, -0.2) is 4.98 Å². The first kappa shape index (κ1) is 24.8. The van der Waals surface area contributed by atoms with E-state index in [1.54, 1.807) is 37.6 Å². The maximum absolute atomic E-state index is 13.6. The number of nitrogens with zero attached hydrogens (tertiary/aromatic N) is 4. The molecule has 2 aromatic carbocycles. The van der Waals surface area contributed by atoms with Gasteiger partial charge in [0.05, 0.1) is 22.7 Å². The van der Waals surface area contributed by atoms with Gasteiger partial charge < -0.3 is 19.8 Å². The maximum atomic E-state index is 13.6. The summed E-state index contributed by atoms with van der Waals surface area (Å²) in [6.45, 7) is 1.12.